The lowest BCUT2D eigenvalue weighted by Gasteiger charge is -2.26. The largest absolute Gasteiger partial charge is 0.383 e. The molecule has 2 heterocycles. The van der Waals surface area contributed by atoms with Crippen LogP contribution >= 0.6 is 23.2 Å². The quantitative estimate of drug-likeness (QED) is 0.444. The second-order valence-electron chi connectivity index (χ2n) is 6.73. The van der Waals surface area contributed by atoms with Crippen molar-refractivity contribution >= 4 is 34.8 Å². The first-order chi connectivity index (χ1) is 14.4. The van der Waals surface area contributed by atoms with Gasteiger partial charge in [0, 0.05) is 47.0 Å². The van der Waals surface area contributed by atoms with E-state index in [-0.39, 0.29) is 11.6 Å². The molecule has 154 valence electrons. The molecule has 1 amide bonds. The molecule has 0 aliphatic carbocycles. The maximum Gasteiger partial charge on any atom is 0.273 e. The zero-order chi connectivity index (χ0) is 21.4. The number of carbonyl (C=O) groups excluding carboxylic acids is 1. The highest BCUT2D eigenvalue weighted by molar-refractivity contribution is 6.35. The number of carbonyl (C=O) groups is 1. The number of nitro groups is 1. The molecule has 0 saturated heterocycles. The monoisotopic (exact) mass is 446 g/mol. The molecular formula is C20H16Cl2N4O4. The Morgan fingerprint density at radius 1 is 1.27 bits per heavy atom. The molecule has 0 unspecified atom stereocenters. The molecule has 1 aliphatic rings. The van der Waals surface area contributed by atoms with Gasteiger partial charge < -0.3 is 9.64 Å². The SMILES string of the molecule is COCCN1C(=O)c2[nH]nc(-c3cccc([N+](=O)[O-])c3)c2[C@@H]1c1ccc(Cl)cc1Cl. The summed E-state index contributed by atoms with van der Waals surface area (Å²) >= 11 is 12.5. The lowest BCUT2D eigenvalue weighted by atomic mass is 9.96. The van der Waals surface area contributed by atoms with E-state index in [1.165, 1.54) is 12.1 Å². The van der Waals surface area contributed by atoms with Crippen LogP contribution in [0.2, 0.25) is 10.0 Å². The summed E-state index contributed by atoms with van der Waals surface area (Å²) in [5.74, 6) is -0.248. The summed E-state index contributed by atoms with van der Waals surface area (Å²) in [6.45, 7) is 0.660. The fourth-order valence-corrected chi connectivity index (χ4v) is 4.16. The number of halogens is 2. The van der Waals surface area contributed by atoms with E-state index in [2.05, 4.69) is 10.2 Å². The summed E-state index contributed by atoms with van der Waals surface area (Å²) < 4.78 is 5.17. The van der Waals surface area contributed by atoms with Crippen molar-refractivity contribution in [3.8, 4) is 11.3 Å². The Morgan fingerprint density at radius 2 is 2.07 bits per heavy atom. The van der Waals surface area contributed by atoms with Gasteiger partial charge in [-0.05, 0) is 17.7 Å². The lowest BCUT2D eigenvalue weighted by molar-refractivity contribution is -0.384. The number of hydrogen-bond acceptors (Lipinski definition) is 5. The van der Waals surface area contributed by atoms with Crippen molar-refractivity contribution < 1.29 is 14.5 Å². The fraction of sp³-hybridized carbons (Fsp3) is 0.200. The number of ether oxygens (including phenoxy) is 1. The highest BCUT2D eigenvalue weighted by atomic mass is 35.5. The molecule has 3 aromatic rings. The number of methoxy groups -OCH3 is 1. The number of non-ortho nitro benzene ring substituents is 1. The summed E-state index contributed by atoms with van der Waals surface area (Å²) in [6.07, 6.45) is 0. The first kappa shape index (κ1) is 20.3. The summed E-state index contributed by atoms with van der Waals surface area (Å²) in [7, 11) is 1.56. The zero-order valence-corrected chi connectivity index (χ0v) is 17.3. The average molecular weight is 447 g/mol. The Bertz CT molecular complexity index is 1150. The predicted octanol–water partition coefficient (Wildman–Crippen LogP) is 4.48. The van der Waals surface area contributed by atoms with E-state index in [0.29, 0.717) is 51.3 Å². The number of nitrogens with one attached hydrogen (secondary N) is 1. The van der Waals surface area contributed by atoms with Crippen LogP contribution in [-0.2, 0) is 4.74 Å². The van der Waals surface area contributed by atoms with E-state index >= 15 is 0 Å². The molecule has 10 heteroatoms. The minimum absolute atomic E-state index is 0.0640. The van der Waals surface area contributed by atoms with Gasteiger partial charge in [0.2, 0.25) is 0 Å². The predicted molar refractivity (Wildman–Crippen MR) is 112 cm³/mol. The van der Waals surface area contributed by atoms with Crippen LogP contribution in [0.1, 0.15) is 27.7 Å². The molecule has 0 radical (unpaired) electrons. The number of fused-ring (bicyclic) bond motifs is 1. The first-order valence-electron chi connectivity index (χ1n) is 9.00. The van der Waals surface area contributed by atoms with E-state index in [9.17, 15) is 14.9 Å². The van der Waals surface area contributed by atoms with Gasteiger partial charge in [-0.25, -0.2) is 0 Å². The summed E-state index contributed by atoms with van der Waals surface area (Å²) in [4.78, 5) is 25.5. The van der Waals surface area contributed by atoms with Gasteiger partial charge >= 0.3 is 0 Å². The highest BCUT2D eigenvalue weighted by Gasteiger charge is 2.42. The van der Waals surface area contributed by atoms with Gasteiger partial charge in [-0.3, -0.25) is 20.0 Å². The topological polar surface area (TPSA) is 101 Å². The molecule has 30 heavy (non-hydrogen) atoms. The van der Waals surface area contributed by atoms with Crippen molar-refractivity contribution in [2.75, 3.05) is 20.3 Å². The van der Waals surface area contributed by atoms with Gasteiger partial charge in [-0.1, -0.05) is 41.4 Å². The Morgan fingerprint density at radius 3 is 2.77 bits per heavy atom. The number of aromatic amines is 1. The molecule has 1 atom stereocenters. The molecule has 0 spiro atoms. The van der Waals surface area contributed by atoms with E-state index in [1.807, 2.05) is 0 Å². The van der Waals surface area contributed by atoms with Crippen LogP contribution in [0.3, 0.4) is 0 Å². The maximum absolute atomic E-state index is 13.1. The highest BCUT2D eigenvalue weighted by Crippen LogP contribution is 2.45. The zero-order valence-electron chi connectivity index (χ0n) is 15.8. The Balaban J connectivity index is 1.89. The Hall–Kier alpha value is -2.94. The van der Waals surface area contributed by atoms with Crippen molar-refractivity contribution in [1.29, 1.82) is 0 Å². The third-order valence-corrected chi connectivity index (χ3v) is 5.55. The van der Waals surface area contributed by atoms with E-state index in [1.54, 1.807) is 42.3 Å². The number of benzene rings is 2. The van der Waals surface area contributed by atoms with Crippen molar-refractivity contribution in [1.82, 2.24) is 15.1 Å². The molecule has 1 N–H and O–H groups in total. The van der Waals surface area contributed by atoms with E-state index < -0.39 is 11.0 Å². The average Bonchev–Trinajstić information content (AvgIpc) is 3.26. The number of aromatic nitrogens is 2. The summed E-state index contributed by atoms with van der Waals surface area (Å²) in [6, 6.07) is 10.7. The Labute approximate surface area is 181 Å². The normalized spacial score (nSPS) is 15.5. The third-order valence-electron chi connectivity index (χ3n) is 4.99. The van der Waals surface area contributed by atoms with Crippen LogP contribution in [0.15, 0.2) is 42.5 Å². The smallest absolute Gasteiger partial charge is 0.273 e. The van der Waals surface area contributed by atoms with E-state index in [4.69, 9.17) is 27.9 Å². The van der Waals surface area contributed by atoms with Gasteiger partial charge in [0.15, 0.2) is 0 Å². The van der Waals surface area contributed by atoms with Crippen LogP contribution in [0.4, 0.5) is 5.69 Å². The van der Waals surface area contributed by atoms with E-state index in [0.717, 1.165) is 0 Å². The number of H-pyrrole nitrogens is 1. The van der Waals surface area contributed by atoms with Crippen LogP contribution < -0.4 is 0 Å². The van der Waals surface area contributed by atoms with Crippen LogP contribution in [0.5, 0.6) is 0 Å². The third kappa shape index (κ3) is 3.43. The van der Waals surface area contributed by atoms with Crippen LogP contribution in [0.25, 0.3) is 11.3 Å². The standard InChI is InChI=1S/C20H16Cl2N4O4/c1-30-8-7-25-19(14-6-5-12(21)10-15(14)22)16-17(23-24-18(16)20(25)27)11-3-2-4-13(9-11)26(28)29/h2-6,9-10,19H,7-8H2,1H3,(H,23,24)/t19-/m0/s1. The molecule has 1 aliphatic heterocycles. The molecular weight excluding hydrogens is 431 g/mol. The molecule has 0 bridgehead atoms. The summed E-state index contributed by atoms with van der Waals surface area (Å²) in [5.41, 5.74) is 2.53. The number of hydrogen-bond donors (Lipinski definition) is 1. The summed E-state index contributed by atoms with van der Waals surface area (Å²) in [5, 5.41) is 19.2. The second-order valence-corrected chi connectivity index (χ2v) is 7.57. The van der Waals surface area contributed by atoms with Crippen molar-refractivity contribution in [3.63, 3.8) is 0 Å². The van der Waals surface area contributed by atoms with Gasteiger partial charge in [0.25, 0.3) is 11.6 Å². The van der Waals surface area contributed by atoms with Crippen LogP contribution in [0, 0.1) is 10.1 Å². The van der Waals surface area contributed by atoms with Crippen molar-refractivity contribution in [2.24, 2.45) is 0 Å². The molecule has 8 nitrogen and oxygen atoms in total. The molecule has 0 saturated carbocycles. The van der Waals surface area contributed by atoms with Gasteiger partial charge in [0.05, 0.1) is 23.3 Å². The minimum Gasteiger partial charge on any atom is -0.383 e. The lowest BCUT2D eigenvalue weighted by Crippen LogP contribution is -2.32. The molecule has 1 aromatic heterocycles. The van der Waals surface area contributed by atoms with Gasteiger partial charge in [-0.2, -0.15) is 5.10 Å². The van der Waals surface area contributed by atoms with Crippen LogP contribution in [-0.4, -0.2) is 46.2 Å². The molecule has 4 rings (SSSR count). The number of amides is 1. The fourth-order valence-electron chi connectivity index (χ4n) is 3.65. The van der Waals surface area contributed by atoms with Gasteiger partial charge in [0.1, 0.15) is 5.69 Å². The first-order valence-corrected chi connectivity index (χ1v) is 9.76. The number of rotatable bonds is 6. The number of nitro benzene ring substituents is 1. The van der Waals surface area contributed by atoms with Gasteiger partial charge in [-0.15, -0.1) is 0 Å². The molecule has 2 aromatic carbocycles. The maximum atomic E-state index is 13.1. The second kappa shape index (κ2) is 8.06. The van der Waals surface area contributed by atoms with Crippen molar-refractivity contribution in [2.45, 2.75) is 6.04 Å². The Kier molecular flexibility index (Phi) is 5.46. The molecule has 0 fully saturated rings. The van der Waals surface area contributed by atoms with Crippen molar-refractivity contribution in [3.05, 3.63) is 79.4 Å². The number of nitrogens with zero attached hydrogens (tertiary/aromatic N) is 3. The minimum atomic E-state index is -0.541.